The van der Waals surface area contributed by atoms with E-state index in [0.29, 0.717) is 23.5 Å². The Morgan fingerprint density at radius 2 is 1.85 bits per heavy atom. The maximum absolute atomic E-state index is 12.6. The largest absolute Gasteiger partial charge is 0.392 e. The molecule has 0 bridgehead atoms. The van der Waals surface area contributed by atoms with Crippen LogP contribution in [0.3, 0.4) is 0 Å². The highest BCUT2D eigenvalue weighted by molar-refractivity contribution is 7.92. The van der Waals surface area contributed by atoms with E-state index in [1.165, 1.54) is 4.31 Å². The van der Waals surface area contributed by atoms with Gasteiger partial charge < -0.3 is 5.11 Å². The highest BCUT2D eigenvalue weighted by Gasteiger charge is 2.30. The lowest BCUT2D eigenvalue weighted by atomic mass is 10.1. The standard InChI is InChI=1S/C15H15NO3S/c17-11-12-6-7-15-13(10-12)8-9-16(15)20(18,19)14-4-2-1-3-5-14/h1-7,10,17H,8-9,11H2. The van der Waals surface area contributed by atoms with Gasteiger partial charge in [0.05, 0.1) is 17.2 Å². The van der Waals surface area contributed by atoms with Gasteiger partial charge in [0.15, 0.2) is 0 Å². The van der Waals surface area contributed by atoms with Crippen molar-refractivity contribution in [3.63, 3.8) is 0 Å². The maximum Gasteiger partial charge on any atom is 0.264 e. The third kappa shape index (κ3) is 2.09. The number of hydrogen-bond donors (Lipinski definition) is 1. The Labute approximate surface area is 118 Å². The highest BCUT2D eigenvalue weighted by Crippen LogP contribution is 2.33. The Morgan fingerprint density at radius 1 is 1.10 bits per heavy atom. The average molecular weight is 289 g/mol. The molecule has 1 N–H and O–H groups in total. The van der Waals surface area contributed by atoms with Gasteiger partial charge in [0.1, 0.15) is 0 Å². The summed E-state index contributed by atoms with van der Waals surface area (Å²) in [5.41, 5.74) is 2.49. The molecule has 5 heteroatoms. The molecule has 0 amide bonds. The zero-order chi connectivity index (χ0) is 14.2. The molecule has 0 spiro atoms. The van der Waals surface area contributed by atoms with Crippen LogP contribution >= 0.6 is 0 Å². The molecule has 1 heterocycles. The minimum atomic E-state index is -3.50. The molecule has 0 fully saturated rings. The van der Waals surface area contributed by atoms with E-state index in [2.05, 4.69) is 0 Å². The topological polar surface area (TPSA) is 57.6 Å². The van der Waals surface area contributed by atoms with E-state index in [-0.39, 0.29) is 6.61 Å². The lowest BCUT2D eigenvalue weighted by molar-refractivity contribution is 0.282. The van der Waals surface area contributed by atoms with Gasteiger partial charge in [0.2, 0.25) is 0 Å². The fraction of sp³-hybridized carbons (Fsp3) is 0.200. The van der Waals surface area contributed by atoms with Gasteiger partial charge in [-0.2, -0.15) is 0 Å². The number of anilines is 1. The first kappa shape index (κ1) is 13.1. The fourth-order valence-corrected chi connectivity index (χ4v) is 4.02. The molecule has 20 heavy (non-hydrogen) atoms. The van der Waals surface area contributed by atoms with Gasteiger partial charge in [-0.3, -0.25) is 4.31 Å². The predicted octanol–water partition coefficient (Wildman–Crippen LogP) is 1.93. The second-order valence-corrected chi connectivity index (χ2v) is 6.62. The molecule has 2 aromatic rings. The Hall–Kier alpha value is -1.85. The van der Waals surface area contributed by atoms with Crippen LogP contribution < -0.4 is 4.31 Å². The molecular weight excluding hydrogens is 274 g/mol. The summed E-state index contributed by atoms with van der Waals surface area (Å²) in [4.78, 5) is 0.305. The van der Waals surface area contributed by atoms with Crippen molar-refractivity contribution in [1.29, 1.82) is 0 Å². The predicted molar refractivity (Wildman–Crippen MR) is 77.0 cm³/mol. The number of hydrogen-bond acceptors (Lipinski definition) is 3. The highest BCUT2D eigenvalue weighted by atomic mass is 32.2. The first-order chi connectivity index (χ1) is 9.63. The van der Waals surface area contributed by atoms with Gasteiger partial charge in [-0.1, -0.05) is 30.3 Å². The summed E-state index contributed by atoms with van der Waals surface area (Å²) >= 11 is 0. The monoisotopic (exact) mass is 289 g/mol. The molecule has 3 rings (SSSR count). The van der Waals surface area contributed by atoms with Crippen LogP contribution in [0.15, 0.2) is 53.4 Å². The van der Waals surface area contributed by atoms with Gasteiger partial charge in [0.25, 0.3) is 10.0 Å². The van der Waals surface area contributed by atoms with Crippen molar-refractivity contribution >= 4 is 15.7 Å². The number of sulfonamides is 1. The van der Waals surface area contributed by atoms with Gasteiger partial charge in [-0.25, -0.2) is 8.42 Å². The van der Waals surface area contributed by atoms with Crippen LogP contribution in [-0.2, 0) is 23.1 Å². The Kier molecular flexibility index (Phi) is 3.23. The summed E-state index contributed by atoms with van der Waals surface area (Å²) in [7, 11) is -3.50. The van der Waals surface area contributed by atoms with Crippen molar-refractivity contribution in [2.75, 3.05) is 10.8 Å². The molecule has 0 aromatic heterocycles. The van der Waals surface area contributed by atoms with Crippen LogP contribution in [0, 0.1) is 0 Å². The minimum absolute atomic E-state index is 0.0291. The third-order valence-corrected chi connectivity index (χ3v) is 5.34. The SMILES string of the molecule is O=S(=O)(c1ccccc1)N1CCc2cc(CO)ccc21. The quantitative estimate of drug-likeness (QED) is 0.939. The number of aliphatic hydroxyl groups excluding tert-OH is 1. The molecule has 4 nitrogen and oxygen atoms in total. The van der Waals surface area contributed by atoms with Crippen molar-refractivity contribution in [2.45, 2.75) is 17.9 Å². The van der Waals surface area contributed by atoms with E-state index in [0.717, 1.165) is 11.1 Å². The number of benzene rings is 2. The summed E-state index contributed by atoms with van der Waals surface area (Å²) in [6.45, 7) is 0.417. The molecule has 0 saturated carbocycles. The van der Waals surface area contributed by atoms with E-state index in [1.54, 1.807) is 42.5 Å². The summed E-state index contributed by atoms with van der Waals surface area (Å²) in [6.07, 6.45) is 0.676. The van der Waals surface area contributed by atoms with Gasteiger partial charge >= 0.3 is 0 Å². The summed E-state index contributed by atoms with van der Waals surface area (Å²) in [5, 5.41) is 9.14. The molecular formula is C15H15NO3S. The first-order valence-corrected chi connectivity index (χ1v) is 7.87. The van der Waals surface area contributed by atoms with E-state index in [4.69, 9.17) is 5.11 Å². The van der Waals surface area contributed by atoms with E-state index in [1.807, 2.05) is 6.07 Å². The van der Waals surface area contributed by atoms with Gasteiger partial charge in [-0.15, -0.1) is 0 Å². The zero-order valence-electron chi connectivity index (χ0n) is 10.9. The van der Waals surface area contributed by atoms with Crippen LogP contribution in [0.4, 0.5) is 5.69 Å². The zero-order valence-corrected chi connectivity index (χ0v) is 11.7. The summed E-state index contributed by atoms with van der Waals surface area (Å²) in [6, 6.07) is 13.9. The lowest BCUT2D eigenvalue weighted by Gasteiger charge is -2.19. The van der Waals surface area contributed by atoms with E-state index in [9.17, 15) is 8.42 Å². The Morgan fingerprint density at radius 3 is 2.55 bits per heavy atom. The van der Waals surface area contributed by atoms with E-state index < -0.39 is 10.0 Å². The smallest absolute Gasteiger partial charge is 0.264 e. The molecule has 0 aliphatic carbocycles. The van der Waals surface area contributed by atoms with Crippen LogP contribution in [-0.4, -0.2) is 20.1 Å². The number of nitrogens with zero attached hydrogens (tertiary/aromatic N) is 1. The van der Waals surface area contributed by atoms with Gasteiger partial charge in [0, 0.05) is 6.54 Å². The molecule has 104 valence electrons. The van der Waals surface area contributed by atoms with Crippen molar-refractivity contribution in [2.24, 2.45) is 0 Å². The lowest BCUT2D eigenvalue weighted by Crippen LogP contribution is -2.29. The molecule has 1 aliphatic rings. The van der Waals surface area contributed by atoms with Crippen LogP contribution in [0.1, 0.15) is 11.1 Å². The molecule has 0 radical (unpaired) electrons. The fourth-order valence-electron chi connectivity index (χ4n) is 2.49. The van der Waals surface area contributed by atoms with E-state index >= 15 is 0 Å². The first-order valence-electron chi connectivity index (χ1n) is 6.43. The van der Waals surface area contributed by atoms with Crippen molar-refractivity contribution < 1.29 is 13.5 Å². The number of fused-ring (bicyclic) bond motifs is 1. The van der Waals surface area contributed by atoms with Crippen LogP contribution in [0.2, 0.25) is 0 Å². The Bertz CT molecular complexity index is 726. The molecule has 2 aromatic carbocycles. The second-order valence-electron chi connectivity index (χ2n) is 4.76. The molecule has 0 saturated heterocycles. The van der Waals surface area contributed by atoms with Crippen molar-refractivity contribution in [1.82, 2.24) is 0 Å². The van der Waals surface area contributed by atoms with Crippen molar-refractivity contribution in [3.8, 4) is 0 Å². The summed E-state index contributed by atoms with van der Waals surface area (Å²) < 4.78 is 26.7. The van der Waals surface area contributed by atoms with Crippen LogP contribution in [0.25, 0.3) is 0 Å². The average Bonchev–Trinajstić information content (AvgIpc) is 2.91. The maximum atomic E-state index is 12.6. The molecule has 0 atom stereocenters. The third-order valence-electron chi connectivity index (χ3n) is 3.51. The van der Waals surface area contributed by atoms with Gasteiger partial charge in [-0.05, 0) is 35.7 Å². The Balaban J connectivity index is 2.03. The molecule has 0 unspecified atom stereocenters. The minimum Gasteiger partial charge on any atom is -0.392 e. The normalized spacial score (nSPS) is 14.3. The number of rotatable bonds is 3. The number of aliphatic hydroxyl groups is 1. The summed E-state index contributed by atoms with van der Waals surface area (Å²) in [5.74, 6) is 0. The molecule has 1 aliphatic heterocycles. The van der Waals surface area contributed by atoms with Crippen LogP contribution in [0.5, 0.6) is 0 Å². The van der Waals surface area contributed by atoms with Crippen molar-refractivity contribution in [3.05, 3.63) is 59.7 Å². The second kappa shape index (κ2) is 4.92.